The van der Waals surface area contributed by atoms with E-state index in [1.807, 2.05) is 43.3 Å². The van der Waals surface area contributed by atoms with Crippen LogP contribution < -0.4 is 0 Å². The van der Waals surface area contributed by atoms with Crippen molar-refractivity contribution in [3.05, 3.63) is 41.5 Å². The molecule has 94 valence electrons. The average Bonchev–Trinajstić information content (AvgIpc) is 2.63. The zero-order chi connectivity index (χ0) is 13.9. The van der Waals surface area contributed by atoms with Crippen molar-refractivity contribution >= 4 is 11.9 Å². The number of benzene rings is 1. The van der Waals surface area contributed by atoms with E-state index in [9.17, 15) is 4.79 Å². The molecule has 1 aromatic rings. The predicted molar refractivity (Wildman–Crippen MR) is 74.0 cm³/mol. The lowest BCUT2D eigenvalue weighted by Gasteiger charge is -2.31. The summed E-state index contributed by atoms with van der Waals surface area (Å²) in [5.74, 6) is -0.545. The SMILES string of the molecule is [2H]C12CCC(C)(C(=O)C1=Cc1ccccc1)C2(C)C. The molecule has 1 nitrogen and oxygen atoms in total. The van der Waals surface area contributed by atoms with Crippen LogP contribution in [0.5, 0.6) is 0 Å². The fraction of sp³-hybridized carbons (Fsp3) is 0.471. The van der Waals surface area contributed by atoms with Crippen molar-refractivity contribution in [2.75, 3.05) is 0 Å². The minimum absolute atomic E-state index is 0.183. The van der Waals surface area contributed by atoms with E-state index >= 15 is 0 Å². The van der Waals surface area contributed by atoms with Gasteiger partial charge in [0.1, 0.15) is 0 Å². The first-order chi connectivity index (χ1) is 8.83. The molecule has 0 aliphatic heterocycles. The molecule has 1 aromatic carbocycles. The third-order valence-corrected chi connectivity index (χ3v) is 5.19. The molecule has 2 bridgehead atoms. The van der Waals surface area contributed by atoms with Crippen LogP contribution in [0.2, 0.25) is 0 Å². The summed E-state index contributed by atoms with van der Waals surface area (Å²) in [6.07, 6.45) is 3.57. The molecule has 2 unspecified atom stereocenters. The van der Waals surface area contributed by atoms with Gasteiger partial charge in [-0.3, -0.25) is 4.79 Å². The van der Waals surface area contributed by atoms with Crippen molar-refractivity contribution in [1.82, 2.24) is 0 Å². The van der Waals surface area contributed by atoms with Crippen LogP contribution in [0.4, 0.5) is 0 Å². The van der Waals surface area contributed by atoms with Crippen LogP contribution >= 0.6 is 0 Å². The second-order valence-corrected chi connectivity index (χ2v) is 6.23. The van der Waals surface area contributed by atoms with Gasteiger partial charge in [0.2, 0.25) is 0 Å². The second-order valence-electron chi connectivity index (χ2n) is 6.23. The van der Waals surface area contributed by atoms with Gasteiger partial charge in [-0.15, -0.1) is 0 Å². The van der Waals surface area contributed by atoms with E-state index in [0.29, 0.717) is 5.57 Å². The summed E-state index contributed by atoms with van der Waals surface area (Å²) in [6.45, 7) is 6.20. The standard InChI is InChI=1S/C17H20O/c1-16(2)14-9-10-17(16,3)15(18)13(14)11-12-7-5-4-6-8-12/h4-8,11,14H,9-10H2,1-3H3/i14D. The number of allylic oxidation sites excluding steroid dienone is 1. The van der Waals surface area contributed by atoms with Gasteiger partial charge in [0.25, 0.3) is 0 Å². The molecule has 2 atom stereocenters. The highest BCUT2D eigenvalue weighted by molar-refractivity contribution is 6.07. The molecule has 18 heavy (non-hydrogen) atoms. The summed E-state index contributed by atoms with van der Waals surface area (Å²) in [7, 11) is 0. The van der Waals surface area contributed by atoms with Gasteiger partial charge >= 0.3 is 0 Å². The summed E-state index contributed by atoms with van der Waals surface area (Å²) in [5, 5.41) is 0. The number of ketones is 1. The Kier molecular flexibility index (Phi) is 2.09. The molecular weight excluding hydrogens is 220 g/mol. The lowest BCUT2D eigenvalue weighted by molar-refractivity contribution is -0.125. The highest BCUT2D eigenvalue weighted by atomic mass is 16.1. The Morgan fingerprint density at radius 2 is 1.94 bits per heavy atom. The van der Waals surface area contributed by atoms with Gasteiger partial charge in [-0.2, -0.15) is 0 Å². The minimum Gasteiger partial charge on any atom is -0.294 e. The Bertz CT molecular complexity index is 572. The summed E-state index contributed by atoms with van der Waals surface area (Å²) in [5.41, 5.74) is 1.08. The van der Waals surface area contributed by atoms with E-state index in [-0.39, 0.29) is 16.6 Å². The van der Waals surface area contributed by atoms with Crippen LogP contribution in [0.25, 0.3) is 6.08 Å². The molecule has 0 N–H and O–H groups in total. The van der Waals surface area contributed by atoms with E-state index in [1.165, 1.54) is 0 Å². The third kappa shape index (κ3) is 1.31. The van der Waals surface area contributed by atoms with E-state index in [4.69, 9.17) is 1.37 Å². The van der Waals surface area contributed by atoms with Gasteiger partial charge in [0.05, 0.1) is 0 Å². The average molecular weight is 241 g/mol. The molecule has 0 heterocycles. The molecule has 0 saturated heterocycles. The van der Waals surface area contributed by atoms with E-state index < -0.39 is 5.89 Å². The molecule has 0 amide bonds. The zero-order valence-corrected chi connectivity index (χ0v) is 11.3. The molecule has 2 aliphatic carbocycles. The summed E-state index contributed by atoms with van der Waals surface area (Å²) in [4.78, 5) is 12.7. The number of hydrogen-bond acceptors (Lipinski definition) is 1. The normalized spacial score (nSPS) is 40.3. The molecule has 1 heteroatoms. The van der Waals surface area contributed by atoms with Gasteiger partial charge in [-0.25, -0.2) is 0 Å². The molecule has 0 spiro atoms. The molecule has 0 radical (unpaired) electrons. The summed E-state index contributed by atoms with van der Waals surface area (Å²) >= 11 is 0. The summed E-state index contributed by atoms with van der Waals surface area (Å²) in [6, 6.07) is 9.88. The van der Waals surface area contributed by atoms with Crippen LogP contribution in [0, 0.1) is 16.7 Å². The molecule has 2 fully saturated rings. The minimum atomic E-state index is -0.728. The smallest absolute Gasteiger partial charge is 0.165 e. The van der Waals surface area contributed by atoms with Gasteiger partial charge in [0, 0.05) is 6.79 Å². The van der Waals surface area contributed by atoms with E-state index in [1.54, 1.807) is 0 Å². The first-order valence-corrected chi connectivity index (χ1v) is 6.65. The quantitative estimate of drug-likeness (QED) is 0.677. The molecule has 3 rings (SSSR count). The number of rotatable bonds is 1. The number of carbonyl (C=O) groups is 1. The Hall–Kier alpha value is -1.37. The molecule has 0 aromatic heterocycles. The highest BCUT2D eigenvalue weighted by Crippen LogP contribution is 2.65. The Balaban J connectivity index is 2.15. The maximum absolute atomic E-state index is 12.7. The maximum Gasteiger partial charge on any atom is 0.165 e. The fourth-order valence-electron chi connectivity index (χ4n) is 3.50. The van der Waals surface area contributed by atoms with Gasteiger partial charge in [-0.1, -0.05) is 51.1 Å². The number of fused-ring (bicyclic) bond motifs is 2. The fourth-order valence-corrected chi connectivity index (χ4v) is 3.50. The van der Waals surface area contributed by atoms with Crippen LogP contribution in [0.1, 0.15) is 40.5 Å². The van der Waals surface area contributed by atoms with Crippen molar-refractivity contribution in [2.45, 2.75) is 33.6 Å². The van der Waals surface area contributed by atoms with Crippen LogP contribution in [-0.2, 0) is 4.79 Å². The number of carbonyl (C=O) groups excluding carboxylic acids is 1. The zero-order valence-electron chi connectivity index (χ0n) is 12.3. The largest absolute Gasteiger partial charge is 0.294 e. The number of Topliss-reactive ketones (excluding diaryl/α,β-unsaturated/α-hetero) is 1. The van der Waals surface area contributed by atoms with Gasteiger partial charge in [0.15, 0.2) is 5.78 Å². The molecule has 2 aliphatic rings. The van der Waals surface area contributed by atoms with E-state index in [2.05, 4.69) is 13.8 Å². The topological polar surface area (TPSA) is 17.1 Å². The van der Waals surface area contributed by atoms with Crippen molar-refractivity contribution in [2.24, 2.45) is 16.7 Å². The third-order valence-electron chi connectivity index (χ3n) is 5.19. The Labute approximate surface area is 110 Å². The number of hydrogen-bond donors (Lipinski definition) is 0. The van der Waals surface area contributed by atoms with Crippen molar-refractivity contribution in [3.8, 4) is 0 Å². The van der Waals surface area contributed by atoms with E-state index in [0.717, 1.165) is 18.4 Å². The summed E-state index contributed by atoms with van der Waals surface area (Å²) < 4.78 is 8.85. The second kappa shape index (κ2) is 3.57. The first kappa shape index (κ1) is 10.5. The monoisotopic (exact) mass is 241 g/mol. The van der Waals surface area contributed by atoms with Crippen molar-refractivity contribution in [1.29, 1.82) is 0 Å². The van der Waals surface area contributed by atoms with Gasteiger partial charge in [-0.05, 0) is 41.4 Å². The van der Waals surface area contributed by atoms with Crippen LogP contribution in [-0.4, -0.2) is 5.78 Å². The predicted octanol–water partition coefficient (Wildman–Crippen LogP) is 4.10. The maximum atomic E-state index is 12.7. The van der Waals surface area contributed by atoms with Crippen LogP contribution in [0.3, 0.4) is 0 Å². The first-order valence-electron chi connectivity index (χ1n) is 7.15. The lowest BCUT2D eigenvalue weighted by atomic mass is 9.70. The highest BCUT2D eigenvalue weighted by Gasteiger charge is 2.63. The van der Waals surface area contributed by atoms with Crippen molar-refractivity contribution < 1.29 is 6.17 Å². The Morgan fingerprint density at radius 3 is 2.50 bits per heavy atom. The Morgan fingerprint density at radius 1 is 1.28 bits per heavy atom. The molecular formula is C17H20O. The van der Waals surface area contributed by atoms with Crippen molar-refractivity contribution in [3.63, 3.8) is 0 Å². The van der Waals surface area contributed by atoms with Crippen LogP contribution in [0.15, 0.2) is 35.9 Å². The van der Waals surface area contributed by atoms with Gasteiger partial charge < -0.3 is 0 Å². The molecule has 2 saturated carbocycles. The lowest BCUT2D eigenvalue weighted by Crippen LogP contribution is -2.32.